The maximum atomic E-state index is 13.1. The lowest BCUT2D eigenvalue weighted by Crippen LogP contribution is -2.51. The van der Waals surface area contributed by atoms with Crippen molar-refractivity contribution in [3.8, 4) is 0 Å². The molecule has 5 rings (SSSR count). The molecule has 2 N–H and O–H groups in total. The molecule has 0 spiro atoms. The summed E-state index contributed by atoms with van der Waals surface area (Å²) in [4.78, 5) is 24.9. The summed E-state index contributed by atoms with van der Waals surface area (Å²) in [7, 11) is -4.02. The van der Waals surface area contributed by atoms with Crippen LogP contribution in [-0.4, -0.2) is 26.3 Å². The number of nitrogens with two attached hydrogens (primary N) is 1. The van der Waals surface area contributed by atoms with Gasteiger partial charge in [0.1, 0.15) is 6.10 Å². The molecule has 1 aromatic rings. The SMILES string of the molecule is C[C@]12CCC(=O)C=C1CCC1C2CC[C@@]2(C)C1CC[C@@H]2OC(=O)c1ccccc1S(N)(=O)=O. The highest BCUT2D eigenvalue weighted by Gasteiger charge is 2.60. The first-order valence-corrected chi connectivity index (χ1v) is 13.7. The van der Waals surface area contributed by atoms with Crippen LogP contribution in [0.4, 0.5) is 0 Å². The normalized spacial score (nSPS) is 38.0. The molecular formula is C26H33NO5S. The van der Waals surface area contributed by atoms with E-state index in [0.29, 0.717) is 24.2 Å². The summed E-state index contributed by atoms with van der Waals surface area (Å²) in [6.45, 7) is 4.61. The fourth-order valence-electron chi connectivity index (χ4n) is 7.78. The average Bonchev–Trinajstić information content (AvgIpc) is 3.10. The molecule has 0 aliphatic heterocycles. The van der Waals surface area contributed by atoms with Crippen molar-refractivity contribution in [2.24, 2.45) is 33.7 Å². The van der Waals surface area contributed by atoms with Crippen molar-refractivity contribution in [2.75, 3.05) is 0 Å². The Labute approximate surface area is 196 Å². The molecule has 0 bridgehead atoms. The molecule has 0 saturated heterocycles. The third-order valence-electron chi connectivity index (χ3n) is 9.54. The minimum atomic E-state index is -4.02. The van der Waals surface area contributed by atoms with E-state index in [-0.39, 0.29) is 33.2 Å². The second-order valence-electron chi connectivity index (χ2n) is 11.0. The Kier molecular flexibility index (Phi) is 5.37. The molecule has 7 heteroatoms. The number of allylic oxidation sites excluding steroid dienone is 1. The number of fused-ring (bicyclic) bond motifs is 5. The van der Waals surface area contributed by atoms with Crippen molar-refractivity contribution in [3.05, 3.63) is 41.5 Å². The fraction of sp³-hybridized carbons (Fsp3) is 0.615. The standard InChI is InChI=1S/C26H33NO5S/c1-25-13-11-17(28)15-16(25)7-8-18-20-9-10-23(26(20,2)14-12-21(18)25)32-24(29)19-5-3-4-6-22(19)33(27,30)31/h3-6,15,18,20-21,23H,7-14H2,1-2H3,(H2,27,30,31)/t18?,20?,21?,23-,25-,26-/m0/s1. The molecule has 33 heavy (non-hydrogen) atoms. The van der Waals surface area contributed by atoms with Crippen LogP contribution in [0.1, 0.15) is 75.6 Å². The summed E-state index contributed by atoms with van der Waals surface area (Å²) in [5.41, 5.74) is 1.35. The maximum absolute atomic E-state index is 13.1. The van der Waals surface area contributed by atoms with Crippen LogP contribution in [0.15, 0.2) is 40.8 Å². The number of ketones is 1. The summed E-state index contributed by atoms with van der Waals surface area (Å²) >= 11 is 0. The first kappa shape index (κ1) is 22.8. The zero-order valence-corrected chi connectivity index (χ0v) is 20.2. The number of rotatable bonds is 3. The van der Waals surface area contributed by atoms with Gasteiger partial charge in [-0.15, -0.1) is 0 Å². The van der Waals surface area contributed by atoms with E-state index in [0.717, 1.165) is 44.9 Å². The maximum Gasteiger partial charge on any atom is 0.339 e. The lowest BCUT2D eigenvalue weighted by atomic mass is 9.47. The van der Waals surface area contributed by atoms with E-state index in [1.807, 2.05) is 6.08 Å². The predicted molar refractivity (Wildman–Crippen MR) is 124 cm³/mol. The zero-order chi connectivity index (χ0) is 23.6. The van der Waals surface area contributed by atoms with E-state index in [1.54, 1.807) is 12.1 Å². The van der Waals surface area contributed by atoms with Gasteiger partial charge in [0.2, 0.25) is 10.0 Å². The van der Waals surface area contributed by atoms with Gasteiger partial charge in [0.15, 0.2) is 5.78 Å². The van der Waals surface area contributed by atoms with Crippen LogP contribution in [0.5, 0.6) is 0 Å². The van der Waals surface area contributed by atoms with Crippen molar-refractivity contribution < 1.29 is 22.7 Å². The molecule has 4 aliphatic rings. The highest BCUT2D eigenvalue weighted by atomic mass is 32.2. The number of ether oxygens (including phenoxy) is 1. The lowest BCUT2D eigenvalue weighted by Gasteiger charge is -2.57. The topological polar surface area (TPSA) is 104 Å². The smallest absolute Gasteiger partial charge is 0.339 e. The van der Waals surface area contributed by atoms with E-state index in [2.05, 4.69) is 13.8 Å². The number of hydrogen-bond donors (Lipinski definition) is 1. The van der Waals surface area contributed by atoms with Gasteiger partial charge in [0.05, 0.1) is 10.5 Å². The van der Waals surface area contributed by atoms with Gasteiger partial charge in [-0.05, 0) is 86.3 Å². The van der Waals surface area contributed by atoms with Gasteiger partial charge >= 0.3 is 5.97 Å². The average molecular weight is 472 g/mol. The van der Waals surface area contributed by atoms with Gasteiger partial charge in [-0.3, -0.25) is 4.79 Å². The van der Waals surface area contributed by atoms with Crippen LogP contribution in [-0.2, 0) is 19.6 Å². The first-order chi connectivity index (χ1) is 15.5. The number of sulfonamides is 1. The summed E-state index contributed by atoms with van der Waals surface area (Å²) in [5.74, 6) is 1.27. The molecule has 0 heterocycles. The highest BCUT2D eigenvalue weighted by Crippen LogP contribution is 2.65. The molecule has 0 radical (unpaired) electrons. The van der Waals surface area contributed by atoms with Gasteiger partial charge < -0.3 is 4.74 Å². The Bertz CT molecular complexity index is 1140. The van der Waals surface area contributed by atoms with E-state index in [9.17, 15) is 18.0 Å². The third-order valence-corrected chi connectivity index (χ3v) is 10.5. The summed E-state index contributed by atoms with van der Waals surface area (Å²) in [6, 6.07) is 5.99. The van der Waals surface area contributed by atoms with Gasteiger partial charge in [-0.1, -0.05) is 31.6 Å². The van der Waals surface area contributed by atoms with Crippen LogP contribution in [0, 0.1) is 28.6 Å². The largest absolute Gasteiger partial charge is 0.458 e. The number of benzene rings is 1. The first-order valence-electron chi connectivity index (χ1n) is 12.1. The second kappa shape index (κ2) is 7.77. The van der Waals surface area contributed by atoms with Crippen LogP contribution in [0.3, 0.4) is 0 Å². The third kappa shape index (κ3) is 3.59. The predicted octanol–water partition coefficient (Wildman–Crippen LogP) is 4.39. The van der Waals surface area contributed by atoms with Crippen LogP contribution >= 0.6 is 0 Å². The van der Waals surface area contributed by atoms with E-state index < -0.39 is 16.0 Å². The van der Waals surface area contributed by atoms with Crippen molar-refractivity contribution >= 4 is 21.8 Å². The van der Waals surface area contributed by atoms with E-state index >= 15 is 0 Å². The van der Waals surface area contributed by atoms with E-state index in [1.165, 1.54) is 17.7 Å². The Hall–Kier alpha value is -1.99. The van der Waals surface area contributed by atoms with Crippen LogP contribution in [0.2, 0.25) is 0 Å². The Morgan fingerprint density at radius 2 is 1.79 bits per heavy atom. The molecule has 3 saturated carbocycles. The molecule has 4 aliphatic carbocycles. The quantitative estimate of drug-likeness (QED) is 0.659. The monoisotopic (exact) mass is 471 g/mol. The summed E-state index contributed by atoms with van der Waals surface area (Å²) in [6.07, 6.45) is 9.23. The minimum Gasteiger partial charge on any atom is -0.458 e. The molecule has 0 aromatic heterocycles. The van der Waals surface area contributed by atoms with Gasteiger partial charge in [0.25, 0.3) is 0 Å². The molecular weight excluding hydrogens is 438 g/mol. The molecule has 6 atom stereocenters. The summed E-state index contributed by atoms with van der Waals surface area (Å²) in [5, 5.41) is 5.32. The van der Waals surface area contributed by atoms with Crippen LogP contribution in [0.25, 0.3) is 0 Å². The number of primary sulfonamides is 1. The number of hydrogen-bond acceptors (Lipinski definition) is 5. The number of esters is 1. The van der Waals surface area contributed by atoms with Crippen LogP contribution < -0.4 is 5.14 Å². The number of carbonyl (C=O) groups excluding carboxylic acids is 2. The van der Waals surface area contributed by atoms with Crippen molar-refractivity contribution in [1.29, 1.82) is 0 Å². The molecule has 3 fully saturated rings. The second-order valence-corrected chi connectivity index (χ2v) is 12.6. The summed E-state index contributed by atoms with van der Waals surface area (Å²) < 4.78 is 29.9. The lowest BCUT2D eigenvalue weighted by molar-refractivity contribution is -0.118. The van der Waals surface area contributed by atoms with Gasteiger partial charge in [0, 0.05) is 11.8 Å². The van der Waals surface area contributed by atoms with E-state index in [4.69, 9.17) is 9.88 Å². The van der Waals surface area contributed by atoms with Gasteiger partial charge in [-0.2, -0.15) is 0 Å². The molecule has 3 unspecified atom stereocenters. The molecule has 178 valence electrons. The Morgan fingerprint density at radius 1 is 1.03 bits per heavy atom. The Balaban J connectivity index is 1.38. The molecule has 0 amide bonds. The molecule has 1 aromatic carbocycles. The highest BCUT2D eigenvalue weighted by molar-refractivity contribution is 7.89. The minimum absolute atomic E-state index is 0.00700. The molecule has 6 nitrogen and oxygen atoms in total. The van der Waals surface area contributed by atoms with Crippen molar-refractivity contribution in [1.82, 2.24) is 0 Å². The zero-order valence-electron chi connectivity index (χ0n) is 19.4. The van der Waals surface area contributed by atoms with Crippen molar-refractivity contribution in [3.63, 3.8) is 0 Å². The number of carbonyl (C=O) groups is 2. The fourth-order valence-corrected chi connectivity index (χ4v) is 8.51. The Morgan fingerprint density at radius 3 is 2.55 bits per heavy atom. The van der Waals surface area contributed by atoms with Gasteiger partial charge in [-0.25, -0.2) is 18.4 Å². The van der Waals surface area contributed by atoms with Crippen molar-refractivity contribution in [2.45, 2.75) is 76.2 Å².